The molecule has 1 aliphatic carbocycles. The highest BCUT2D eigenvalue weighted by Crippen LogP contribution is 2.44. The second-order valence-electron chi connectivity index (χ2n) is 7.72. The van der Waals surface area contributed by atoms with Crippen molar-refractivity contribution in [3.8, 4) is 16.9 Å². The number of aliphatic hydroxyl groups is 2. The van der Waals surface area contributed by atoms with Gasteiger partial charge in [0.05, 0.1) is 12.8 Å². The normalized spacial score (nSPS) is 14.2. The number of ether oxygens (including phenoxy) is 2. The van der Waals surface area contributed by atoms with Crippen LogP contribution in [-0.4, -0.2) is 42.7 Å². The van der Waals surface area contributed by atoms with E-state index < -0.39 is 18.3 Å². The van der Waals surface area contributed by atoms with Gasteiger partial charge in [-0.05, 0) is 39.9 Å². The van der Waals surface area contributed by atoms with Crippen molar-refractivity contribution in [2.45, 2.75) is 18.1 Å². The van der Waals surface area contributed by atoms with Crippen LogP contribution in [0, 0.1) is 0 Å². The van der Waals surface area contributed by atoms with Crippen molar-refractivity contribution in [3.63, 3.8) is 0 Å². The molecule has 0 spiro atoms. The molecule has 0 aromatic heterocycles. The van der Waals surface area contributed by atoms with E-state index in [9.17, 15) is 15.0 Å². The molecule has 5 N–H and O–H groups in total. The first-order chi connectivity index (χ1) is 15.5. The topological polar surface area (TPSA) is 114 Å². The highest BCUT2D eigenvalue weighted by molar-refractivity contribution is 5.79. The molecule has 0 heterocycles. The van der Waals surface area contributed by atoms with Crippen LogP contribution in [0.2, 0.25) is 0 Å². The molecular weight excluding hydrogens is 408 g/mol. The highest BCUT2D eigenvalue weighted by atomic mass is 16.5. The molecule has 4 rings (SSSR count). The molecule has 0 bridgehead atoms. The minimum atomic E-state index is -1.23. The number of carbonyl (C=O) groups is 1. The van der Waals surface area contributed by atoms with Gasteiger partial charge in [0.1, 0.15) is 24.6 Å². The van der Waals surface area contributed by atoms with E-state index >= 15 is 0 Å². The van der Waals surface area contributed by atoms with Crippen LogP contribution in [0.15, 0.2) is 66.7 Å². The average molecular weight is 434 g/mol. The van der Waals surface area contributed by atoms with Crippen molar-refractivity contribution in [2.75, 3.05) is 26.0 Å². The Morgan fingerprint density at radius 1 is 1.03 bits per heavy atom. The van der Waals surface area contributed by atoms with E-state index in [4.69, 9.17) is 15.2 Å². The second kappa shape index (κ2) is 9.30. The number of nitrogens with one attached hydrogen (secondary N) is 1. The quantitative estimate of drug-likeness (QED) is 0.425. The third-order valence-electron chi connectivity index (χ3n) is 5.76. The Morgan fingerprint density at radius 2 is 1.66 bits per heavy atom. The summed E-state index contributed by atoms with van der Waals surface area (Å²) in [4.78, 5) is 12.3. The lowest BCUT2D eigenvalue weighted by molar-refractivity contribution is 0.0185. The van der Waals surface area contributed by atoms with E-state index in [0.29, 0.717) is 17.0 Å². The molecule has 0 saturated carbocycles. The highest BCUT2D eigenvalue weighted by Gasteiger charge is 2.29. The summed E-state index contributed by atoms with van der Waals surface area (Å²) in [5.41, 5.74) is 11.2. The van der Waals surface area contributed by atoms with E-state index in [2.05, 4.69) is 17.4 Å². The lowest BCUT2D eigenvalue weighted by atomic mass is 9.98. The van der Waals surface area contributed by atoms with Crippen molar-refractivity contribution in [1.82, 2.24) is 5.32 Å². The first kappa shape index (κ1) is 21.7. The van der Waals surface area contributed by atoms with Crippen molar-refractivity contribution in [3.05, 3.63) is 83.4 Å². The maximum Gasteiger partial charge on any atom is 0.407 e. The van der Waals surface area contributed by atoms with Gasteiger partial charge >= 0.3 is 6.09 Å². The fourth-order valence-electron chi connectivity index (χ4n) is 4.11. The van der Waals surface area contributed by atoms with Crippen molar-refractivity contribution < 1.29 is 24.5 Å². The Hall–Kier alpha value is -3.55. The Labute approximate surface area is 186 Å². The summed E-state index contributed by atoms with van der Waals surface area (Å²) in [5.74, 6) is 0.429. The van der Waals surface area contributed by atoms with Crippen molar-refractivity contribution >= 4 is 11.8 Å². The SMILES string of the molecule is COc1ccc(C(O)C(O)CNC(=O)OCC2c3ccccc3-c3ccccc32)cc1N. The molecular formula is C25H26N2O5. The molecule has 7 heteroatoms. The molecule has 0 aliphatic heterocycles. The number of hydrogen-bond acceptors (Lipinski definition) is 6. The summed E-state index contributed by atoms with van der Waals surface area (Å²) in [6.45, 7) is -0.00268. The van der Waals surface area contributed by atoms with E-state index in [1.807, 2.05) is 36.4 Å². The molecule has 2 atom stereocenters. The lowest BCUT2D eigenvalue weighted by Gasteiger charge is -2.20. The molecule has 166 valence electrons. The number of methoxy groups -OCH3 is 1. The smallest absolute Gasteiger partial charge is 0.407 e. The Morgan fingerprint density at radius 3 is 2.25 bits per heavy atom. The molecule has 2 unspecified atom stereocenters. The molecule has 0 saturated heterocycles. The van der Waals surface area contributed by atoms with Crippen LogP contribution < -0.4 is 15.8 Å². The van der Waals surface area contributed by atoms with E-state index in [1.165, 1.54) is 13.2 Å². The third-order valence-corrected chi connectivity index (χ3v) is 5.76. The summed E-state index contributed by atoms with van der Waals surface area (Å²) >= 11 is 0. The van der Waals surface area contributed by atoms with Gasteiger partial charge in [0.2, 0.25) is 0 Å². The summed E-state index contributed by atoms with van der Waals surface area (Å²) in [6, 6.07) is 20.9. The summed E-state index contributed by atoms with van der Waals surface area (Å²) in [6.07, 6.45) is -3.12. The van der Waals surface area contributed by atoms with Crippen molar-refractivity contribution in [1.29, 1.82) is 0 Å². The molecule has 0 radical (unpaired) electrons. The summed E-state index contributed by atoms with van der Waals surface area (Å²) in [5, 5.41) is 23.2. The predicted octanol–water partition coefficient (Wildman–Crippen LogP) is 3.21. The van der Waals surface area contributed by atoms with Crippen LogP contribution in [0.3, 0.4) is 0 Å². The Balaban J connectivity index is 1.33. The van der Waals surface area contributed by atoms with Crippen LogP contribution in [0.4, 0.5) is 10.5 Å². The number of alkyl carbamates (subject to hydrolysis) is 1. The number of rotatable bonds is 7. The first-order valence-corrected chi connectivity index (χ1v) is 10.4. The molecule has 3 aromatic carbocycles. The fraction of sp³-hybridized carbons (Fsp3) is 0.240. The lowest BCUT2D eigenvalue weighted by Crippen LogP contribution is -2.36. The molecule has 3 aromatic rings. The summed E-state index contributed by atoms with van der Waals surface area (Å²) < 4.78 is 10.5. The monoisotopic (exact) mass is 434 g/mol. The van der Waals surface area contributed by atoms with E-state index in [-0.39, 0.29) is 19.1 Å². The van der Waals surface area contributed by atoms with Gasteiger partial charge in [-0.15, -0.1) is 0 Å². The van der Waals surface area contributed by atoms with Gasteiger partial charge in [-0.3, -0.25) is 0 Å². The number of aliphatic hydroxyl groups excluding tert-OH is 2. The largest absolute Gasteiger partial charge is 0.495 e. The van der Waals surface area contributed by atoms with Gasteiger partial charge < -0.3 is 30.7 Å². The van der Waals surface area contributed by atoms with Crippen LogP contribution in [0.5, 0.6) is 5.75 Å². The number of anilines is 1. The summed E-state index contributed by atoms with van der Waals surface area (Å²) in [7, 11) is 1.49. The molecule has 1 aliphatic rings. The van der Waals surface area contributed by atoms with E-state index in [1.54, 1.807) is 12.1 Å². The Kier molecular flexibility index (Phi) is 6.30. The van der Waals surface area contributed by atoms with Gasteiger partial charge in [-0.1, -0.05) is 54.6 Å². The molecule has 32 heavy (non-hydrogen) atoms. The third kappa shape index (κ3) is 4.26. The van der Waals surface area contributed by atoms with Crippen LogP contribution in [-0.2, 0) is 4.74 Å². The number of benzene rings is 3. The number of carbonyl (C=O) groups excluding carboxylic acids is 1. The fourth-order valence-corrected chi connectivity index (χ4v) is 4.11. The van der Waals surface area contributed by atoms with Crippen molar-refractivity contribution in [2.24, 2.45) is 0 Å². The van der Waals surface area contributed by atoms with Gasteiger partial charge in [0.25, 0.3) is 0 Å². The number of amides is 1. The number of nitrogen functional groups attached to an aromatic ring is 1. The zero-order valence-corrected chi connectivity index (χ0v) is 17.7. The number of fused-ring (bicyclic) bond motifs is 3. The van der Waals surface area contributed by atoms with Gasteiger partial charge in [0.15, 0.2) is 0 Å². The average Bonchev–Trinajstić information content (AvgIpc) is 3.14. The standard InChI is InChI=1S/C25H26N2O5/c1-31-23-11-10-15(12-21(23)26)24(29)22(28)13-27-25(30)32-14-20-18-8-4-2-6-16(18)17-7-3-5-9-19(17)20/h2-12,20,22,24,28-29H,13-14,26H2,1H3,(H,27,30). The Bertz CT molecular complexity index is 1070. The van der Waals surface area contributed by atoms with Crippen LogP contribution in [0.25, 0.3) is 11.1 Å². The van der Waals surface area contributed by atoms with E-state index in [0.717, 1.165) is 22.3 Å². The van der Waals surface area contributed by atoms with Gasteiger partial charge in [-0.2, -0.15) is 0 Å². The number of nitrogens with two attached hydrogens (primary N) is 1. The minimum Gasteiger partial charge on any atom is -0.495 e. The van der Waals surface area contributed by atoms with Gasteiger partial charge in [0, 0.05) is 12.5 Å². The zero-order valence-electron chi connectivity index (χ0n) is 17.7. The maximum atomic E-state index is 12.3. The minimum absolute atomic E-state index is 0.0501. The van der Waals surface area contributed by atoms with Crippen LogP contribution in [0.1, 0.15) is 28.7 Å². The number of hydrogen-bond donors (Lipinski definition) is 4. The first-order valence-electron chi connectivity index (χ1n) is 10.4. The molecule has 7 nitrogen and oxygen atoms in total. The zero-order chi connectivity index (χ0) is 22.7. The maximum absolute atomic E-state index is 12.3. The van der Waals surface area contributed by atoms with Crippen LogP contribution >= 0.6 is 0 Å². The predicted molar refractivity (Wildman–Crippen MR) is 121 cm³/mol. The van der Waals surface area contributed by atoms with Gasteiger partial charge in [-0.25, -0.2) is 4.79 Å². The molecule has 1 amide bonds. The molecule has 0 fully saturated rings. The second-order valence-corrected chi connectivity index (χ2v) is 7.72.